The minimum atomic E-state index is -0.557. The van der Waals surface area contributed by atoms with Crippen LogP contribution in [0.2, 0.25) is 0 Å². The molecule has 0 aromatic rings. The third kappa shape index (κ3) is 3.16. The van der Waals surface area contributed by atoms with Crippen LogP contribution in [-0.2, 0) is 4.79 Å². The van der Waals surface area contributed by atoms with Gasteiger partial charge in [0, 0.05) is 5.92 Å². The van der Waals surface area contributed by atoms with E-state index < -0.39 is 5.91 Å². The predicted molar refractivity (Wildman–Crippen MR) is 52.6 cm³/mol. The van der Waals surface area contributed by atoms with E-state index in [9.17, 15) is 4.79 Å². The number of carbonyl (C=O) groups is 1. The van der Waals surface area contributed by atoms with E-state index in [0.29, 0.717) is 0 Å². The summed E-state index contributed by atoms with van der Waals surface area (Å²) in [4.78, 5) is 10.4. The zero-order valence-electron chi connectivity index (χ0n) is 7.71. The molecule has 2 heteroatoms. The Morgan fingerprint density at radius 2 is 2.54 bits per heavy atom. The van der Waals surface area contributed by atoms with Gasteiger partial charge in [-0.2, -0.15) is 0 Å². The van der Waals surface area contributed by atoms with Crippen LogP contribution in [0.15, 0.2) is 23.8 Å². The summed E-state index contributed by atoms with van der Waals surface area (Å²) in [7, 11) is 0. The van der Waals surface area contributed by atoms with E-state index in [-0.39, 0.29) is 5.92 Å². The minimum absolute atomic E-state index is 0.155. The quantitative estimate of drug-likeness (QED) is 0.601. The molecule has 1 atom stereocenters. The minimum Gasteiger partial charge on any atom is -0.359 e. The number of hydrogen-bond acceptors (Lipinski definition) is 1. The van der Waals surface area contributed by atoms with Crippen molar-refractivity contribution in [3.8, 4) is 11.8 Å². The molecule has 0 aromatic heterocycles. The molecular formula is C11H13NO. The number of nitrogens with two attached hydrogens (primary N) is 1. The molecule has 0 spiro atoms. The maximum absolute atomic E-state index is 10.4. The van der Waals surface area contributed by atoms with E-state index in [1.807, 2.05) is 6.08 Å². The van der Waals surface area contributed by atoms with Crippen molar-refractivity contribution in [1.29, 1.82) is 0 Å². The maximum Gasteiger partial charge on any atom is 0.293 e. The van der Waals surface area contributed by atoms with Crippen LogP contribution in [0.4, 0.5) is 0 Å². The van der Waals surface area contributed by atoms with Crippen LogP contribution in [-0.4, -0.2) is 5.91 Å². The Bertz CT molecular complexity index is 315. The molecule has 2 nitrogen and oxygen atoms in total. The monoisotopic (exact) mass is 175 g/mol. The Morgan fingerprint density at radius 3 is 3.00 bits per heavy atom. The SMILES string of the molecule is CCC1=CC[C@@H](C#CC(N)=O)C=C1. The van der Waals surface area contributed by atoms with Gasteiger partial charge in [0.2, 0.25) is 0 Å². The van der Waals surface area contributed by atoms with Gasteiger partial charge in [-0.3, -0.25) is 4.79 Å². The van der Waals surface area contributed by atoms with Crippen LogP contribution in [0.3, 0.4) is 0 Å². The first-order valence-electron chi connectivity index (χ1n) is 4.40. The van der Waals surface area contributed by atoms with E-state index >= 15 is 0 Å². The molecular weight excluding hydrogens is 162 g/mol. The fraction of sp³-hybridized carbons (Fsp3) is 0.364. The maximum atomic E-state index is 10.4. The van der Waals surface area contributed by atoms with Gasteiger partial charge in [0.25, 0.3) is 5.91 Å². The van der Waals surface area contributed by atoms with Gasteiger partial charge in [-0.25, -0.2) is 0 Å². The Labute approximate surface area is 78.5 Å². The Kier molecular flexibility index (Phi) is 3.33. The molecule has 1 aliphatic carbocycles. The summed E-state index contributed by atoms with van der Waals surface area (Å²) in [5, 5.41) is 0. The molecule has 2 N–H and O–H groups in total. The van der Waals surface area contributed by atoms with Crippen LogP contribution in [0.25, 0.3) is 0 Å². The summed E-state index contributed by atoms with van der Waals surface area (Å²) in [6, 6.07) is 0. The molecule has 0 unspecified atom stereocenters. The number of allylic oxidation sites excluding steroid dienone is 4. The summed E-state index contributed by atoms with van der Waals surface area (Å²) in [5.74, 6) is 4.76. The van der Waals surface area contributed by atoms with Crippen molar-refractivity contribution in [2.75, 3.05) is 0 Å². The molecule has 13 heavy (non-hydrogen) atoms. The van der Waals surface area contributed by atoms with E-state index in [2.05, 4.69) is 30.9 Å². The summed E-state index contributed by atoms with van der Waals surface area (Å²) >= 11 is 0. The highest BCUT2D eigenvalue weighted by atomic mass is 16.1. The second kappa shape index (κ2) is 4.51. The summed E-state index contributed by atoms with van der Waals surface area (Å²) in [6.07, 6.45) is 8.17. The number of hydrogen-bond donors (Lipinski definition) is 1. The molecule has 0 radical (unpaired) electrons. The second-order valence-electron chi connectivity index (χ2n) is 2.97. The lowest BCUT2D eigenvalue weighted by atomic mass is 9.96. The van der Waals surface area contributed by atoms with Gasteiger partial charge in [0.1, 0.15) is 0 Å². The van der Waals surface area contributed by atoms with Crippen LogP contribution in [0, 0.1) is 17.8 Å². The zero-order valence-corrected chi connectivity index (χ0v) is 7.71. The summed E-state index contributed by atoms with van der Waals surface area (Å²) in [6.45, 7) is 2.12. The summed E-state index contributed by atoms with van der Waals surface area (Å²) < 4.78 is 0. The van der Waals surface area contributed by atoms with Crippen LogP contribution >= 0.6 is 0 Å². The molecule has 0 fully saturated rings. The van der Waals surface area contributed by atoms with Crippen molar-refractivity contribution in [2.45, 2.75) is 19.8 Å². The first-order chi connectivity index (χ1) is 6.22. The lowest BCUT2D eigenvalue weighted by Crippen LogP contribution is -2.07. The zero-order chi connectivity index (χ0) is 9.68. The van der Waals surface area contributed by atoms with Crippen molar-refractivity contribution < 1.29 is 4.79 Å². The van der Waals surface area contributed by atoms with E-state index in [0.717, 1.165) is 12.8 Å². The number of primary amides is 1. The molecule has 0 aromatic carbocycles. The van der Waals surface area contributed by atoms with Gasteiger partial charge in [-0.1, -0.05) is 36.6 Å². The number of amides is 1. The highest BCUT2D eigenvalue weighted by Gasteiger charge is 2.04. The lowest BCUT2D eigenvalue weighted by molar-refractivity contribution is -0.112. The van der Waals surface area contributed by atoms with Crippen LogP contribution < -0.4 is 5.73 Å². The number of carbonyl (C=O) groups excluding carboxylic acids is 1. The average molecular weight is 175 g/mol. The third-order valence-electron chi connectivity index (χ3n) is 1.97. The van der Waals surface area contributed by atoms with E-state index in [4.69, 9.17) is 5.73 Å². The largest absolute Gasteiger partial charge is 0.359 e. The Morgan fingerprint density at radius 1 is 1.77 bits per heavy atom. The molecule has 0 bridgehead atoms. The molecule has 0 saturated carbocycles. The molecule has 1 rings (SSSR count). The molecule has 68 valence electrons. The number of rotatable bonds is 1. The first kappa shape index (κ1) is 9.60. The third-order valence-corrected chi connectivity index (χ3v) is 1.97. The van der Waals surface area contributed by atoms with Crippen LogP contribution in [0.1, 0.15) is 19.8 Å². The van der Waals surface area contributed by atoms with Gasteiger partial charge >= 0.3 is 0 Å². The average Bonchev–Trinajstić information content (AvgIpc) is 2.15. The van der Waals surface area contributed by atoms with Crippen molar-refractivity contribution in [3.05, 3.63) is 23.8 Å². The van der Waals surface area contributed by atoms with Crippen molar-refractivity contribution in [2.24, 2.45) is 11.7 Å². The van der Waals surface area contributed by atoms with Gasteiger partial charge in [-0.15, -0.1) is 0 Å². The first-order valence-corrected chi connectivity index (χ1v) is 4.40. The molecule has 1 amide bonds. The Balaban J connectivity index is 2.54. The van der Waals surface area contributed by atoms with Crippen molar-refractivity contribution in [3.63, 3.8) is 0 Å². The van der Waals surface area contributed by atoms with Crippen LogP contribution in [0.5, 0.6) is 0 Å². The molecule has 0 saturated heterocycles. The molecule has 0 heterocycles. The molecule has 0 aliphatic heterocycles. The normalized spacial score (nSPS) is 20.1. The second-order valence-corrected chi connectivity index (χ2v) is 2.97. The fourth-order valence-electron chi connectivity index (χ4n) is 1.20. The highest BCUT2D eigenvalue weighted by Crippen LogP contribution is 2.17. The standard InChI is InChI=1S/C11H13NO/c1-2-9-3-5-10(6-4-9)7-8-11(12)13/h3-5,10H,2,6H2,1H3,(H2,12,13)/t10-/m0/s1. The summed E-state index contributed by atoms with van der Waals surface area (Å²) in [5.41, 5.74) is 6.24. The van der Waals surface area contributed by atoms with E-state index in [1.54, 1.807) is 0 Å². The Hall–Kier alpha value is -1.49. The molecule has 1 aliphatic rings. The van der Waals surface area contributed by atoms with Gasteiger partial charge in [0.05, 0.1) is 0 Å². The van der Waals surface area contributed by atoms with Gasteiger partial charge in [0.15, 0.2) is 0 Å². The van der Waals surface area contributed by atoms with E-state index in [1.165, 1.54) is 5.57 Å². The predicted octanol–water partition coefficient (Wildman–Crippen LogP) is 1.39. The van der Waals surface area contributed by atoms with Gasteiger partial charge < -0.3 is 5.73 Å². The van der Waals surface area contributed by atoms with Crippen molar-refractivity contribution >= 4 is 5.91 Å². The highest BCUT2D eigenvalue weighted by molar-refractivity contribution is 5.92. The fourth-order valence-corrected chi connectivity index (χ4v) is 1.20. The van der Waals surface area contributed by atoms with Crippen molar-refractivity contribution in [1.82, 2.24) is 0 Å². The smallest absolute Gasteiger partial charge is 0.293 e. The lowest BCUT2D eigenvalue weighted by Gasteiger charge is -2.08. The van der Waals surface area contributed by atoms with Gasteiger partial charge in [-0.05, 0) is 18.8 Å². The topological polar surface area (TPSA) is 43.1 Å².